The van der Waals surface area contributed by atoms with Crippen LogP contribution in [-0.2, 0) is 0 Å². The third kappa shape index (κ3) is 1.64. The summed E-state index contributed by atoms with van der Waals surface area (Å²) < 4.78 is 5.13. The maximum Gasteiger partial charge on any atom is 0.335 e. The van der Waals surface area contributed by atoms with Crippen LogP contribution in [0.25, 0.3) is 11.1 Å². The normalized spacial score (nSPS) is 11.2. The van der Waals surface area contributed by atoms with Crippen LogP contribution < -0.4 is 0 Å². The van der Waals surface area contributed by atoms with E-state index in [9.17, 15) is 4.79 Å². The van der Waals surface area contributed by atoms with E-state index in [-0.39, 0.29) is 11.5 Å². The van der Waals surface area contributed by atoms with E-state index in [1.807, 2.05) is 0 Å². The molecule has 2 aromatic rings. The van der Waals surface area contributed by atoms with E-state index in [1.54, 1.807) is 0 Å². The summed E-state index contributed by atoms with van der Waals surface area (Å²) in [4.78, 5) is 14.6. The van der Waals surface area contributed by atoms with Gasteiger partial charge in [-0.15, -0.1) is 0 Å². The average Bonchev–Trinajstić information content (AvgIpc) is 2.59. The molecule has 6 heteroatoms. The van der Waals surface area contributed by atoms with E-state index < -0.39 is 5.97 Å². The number of benzene rings is 1. The lowest BCUT2D eigenvalue weighted by molar-refractivity contribution is 0.0697. The number of aromatic nitrogens is 1. The molecule has 0 fully saturated rings. The van der Waals surface area contributed by atoms with Crippen molar-refractivity contribution in [2.75, 3.05) is 0 Å². The van der Waals surface area contributed by atoms with E-state index in [0.717, 1.165) is 6.21 Å². The van der Waals surface area contributed by atoms with Crippen molar-refractivity contribution >= 4 is 23.3 Å². The maximum absolute atomic E-state index is 10.7. The zero-order valence-corrected chi connectivity index (χ0v) is 7.41. The van der Waals surface area contributed by atoms with Crippen LogP contribution in [0.1, 0.15) is 16.2 Å². The fourth-order valence-electron chi connectivity index (χ4n) is 1.18. The maximum atomic E-state index is 10.7. The van der Waals surface area contributed by atoms with Gasteiger partial charge in [0.05, 0.1) is 5.56 Å². The van der Waals surface area contributed by atoms with E-state index >= 15 is 0 Å². The molecule has 2 rings (SSSR count). The number of carboxylic acids is 1. The van der Waals surface area contributed by atoms with Gasteiger partial charge >= 0.3 is 5.97 Å². The van der Waals surface area contributed by atoms with Gasteiger partial charge in [0.2, 0.25) is 5.89 Å². The lowest BCUT2D eigenvalue weighted by atomic mass is 10.2. The van der Waals surface area contributed by atoms with Crippen LogP contribution in [-0.4, -0.2) is 27.5 Å². The summed E-state index contributed by atoms with van der Waals surface area (Å²) in [5.41, 5.74) is 0.975. The molecular formula is C9H6N2O4. The molecule has 0 radical (unpaired) electrons. The minimum Gasteiger partial charge on any atom is -0.478 e. The van der Waals surface area contributed by atoms with Crippen LogP contribution in [0.4, 0.5) is 0 Å². The van der Waals surface area contributed by atoms with Gasteiger partial charge in [-0.1, -0.05) is 5.16 Å². The molecule has 0 unspecified atom stereocenters. The van der Waals surface area contributed by atoms with Crippen molar-refractivity contribution in [2.45, 2.75) is 0 Å². The molecule has 15 heavy (non-hydrogen) atoms. The molecule has 76 valence electrons. The van der Waals surface area contributed by atoms with Crippen LogP contribution >= 0.6 is 0 Å². The van der Waals surface area contributed by atoms with Gasteiger partial charge in [0.1, 0.15) is 11.7 Å². The Bertz CT molecular complexity index is 544. The Hall–Kier alpha value is -2.37. The molecule has 0 bridgehead atoms. The predicted molar refractivity (Wildman–Crippen MR) is 50.3 cm³/mol. The fourth-order valence-corrected chi connectivity index (χ4v) is 1.18. The summed E-state index contributed by atoms with van der Waals surface area (Å²) in [6.45, 7) is 0. The number of fused-ring (bicyclic) bond motifs is 1. The highest BCUT2D eigenvalue weighted by Gasteiger charge is 2.08. The van der Waals surface area contributed by atoms with Crippen LogP contribution in [0, 0.1) is 0 Å². The van der Waals surface area contributed by atoms with Gasteiger partial charge in [-0.05, 0) is 18.2 Å². The van der Waals surface area contributed by atoms with Crippen LogP contribution in [0.3, 0.4) is 0 Å². The molecule has 0 spiro atoms. The molecule has 0 aliphatic rings. The summed E-state index contributed by atoms with van der Waals surface area (Å²) in [6, 6.07) is 4.30. The first-order valence-corrected chi connectivity index (χ1v) is 4.02. The number of hydrogen-bond acceptors (Lipinski definition) is 5. The van der Waals surface area contributed by atoms with E-state index in [2.05, 4.69) is 10.1 Å². The van der Waals surface area contributed by atoms with Gasteiger partial charge in [0.25, 0.3) is 0 Å². The van der Waals surface area contributed by atoms with Crippen LogP contribution in [0.15, 0.2) is 27.8 Å². The van der Waals surface area contributed by atoms with Crippen molar-refractivity contribution < 1.29 is 19.5 Å². The summed E-state index contributed by atoms with van der Waals surface area (Å²) in [5, 5.41) is 19.8. The molecule has 0 atom stereocenters. The third-order valence-corrected chi connectivity index (χ3v) is 1.82. The molecule has 0 saturated carbocycles. The van der Waals surface area contributed by atoms with Gasteiger partial charge < -0.3 is 14.7 Å². The quantitative estimate of drug-likeness (QED) is 0.439. The second-order valence-corrected chi connectivity index (χ2v) is 2.78. The third-order valence-electron chi connectivity index (χ3n) is 1.82. The van der Waals surface area contributed by atoms with Crippen molar-refractivity contribution in [3.05, 3.63) is 29.7 Å². The molecule has 6 nitrogen and oxygen atoms in total. The second-order valence-electron chi connectivity index (χ2n) is 2.78. The topological polar surface area (TPSA) is 95.9 Å². The molecule has 0 saturated heterocycles. The number of oxazole rings is 1. The zero-order valence-electron chi connectivity index (χ0n) is 7.41. The van der Waals surface area contributed by atoms with Gasteiger partial charge in [-0.2, -0.15) is 0 Å². The Labute approximate surface area is 83.5 Å². The van der Waals surface area contributed by atoms with E-state index in [0.29, 0.717) is 11.1 Å². The number of carbonyl (C=O) groups is 1. The van der Waals surface area contributed by atoms with Crippen LogP contribution in [0.5, 0.6) is 0 Å². The van der Waals surface area contributed by atoms with Gasteiger partial charge in [0.15, 0.2) is 5.58 Å². The summed E-state index contributed by atoms with van der Waals surface area (Å²) in [6.07, 6.45) is 1.03. The van der Waals surface area contributed by atoms with Crippen LogP contribution in [0.2, 0.25) is 0 Å². The van der Waals surface area contributed by atoms with Crippen molar-refractivity contribution in [1.82, 2.24) is 4.98 Å². The van der Waals surface area contributed by atoms with E-state index in [4.69, 9.17) is 14.7 Å². The first-order chi connectivity index (χ1) is 7.20. The Balaban J connectivity index is 2.56. The van der Waals surface area contributed by atoms with Gasteiger partial charge in [-0.3, -0.25) is 0 Å². The number of nitrogens with zero attached hydrogens (tertiary/aromatic N) is 2. The zero-order chi connectivity index (χ0) is 10.8. The number of rotatable bonds is 2. The standard InChI is InChI=1S/C9H6N2O4/c12-9(13)5-1-2-7-6(3-5)11-8(15-7)4-10-14/h1-4,14H,(H,12,13). The highest BCUT2D eigenvalue weighted by molar-refractivity contribution is 5.92. The molecule has 0 aliphatic heterocycles. The fraction of sp³-hybridized carbons (Fsp3) is 0. The lowest BCUT2D eigenvalue weighted by Crippen LogP contribution is -1.94. The Morgan fingerprint density at radius 3 is 3.00 bits per heavy atom. The molecule has 1 aromatic carbocycles. The SMILES string of the molecule is O=C(O)c1ccc2oc(C=NO)nc2c1. The lowest BCUT2D eigenvalue weighted by Gasteiger charge is -1.91. The monoisotopic (exact) mass is 206 g/mol. The summed E-state index contributed by atoms with van der Waals surface area (Å²) in [7, 11) is 0. The van der Waals surface area contributed by atoms with Crippen molar-refractivity contribution in [3.8, 4) is 0 Å². The predicted octanol–water partition coefficient (Wildman–Crippen LogP) is 1.33. The highest BCUT2D eigenvalue weighted by atomic mass is 16.4. The van der Waals surface area contributed by atoms with Crippen molar-refractivity contribution in [3.63, 3.8) is 0 Å². The molecule has 0 amide bonds. The molecular weight excluding hydrogens is 200 g/mol. The number of oxime groups is 1. The Morgan fingerprint density at radius 1 is 1.53 bits per heavy atom. The van der Waals surface area contributed by atoms with Crippen molar-refractivity contribution in [2.24, 2.45) is 5.16 Å². The minimum absolute atomic E-state index is 0.120. The Kier molecular flexibility index (Phi) is 2.09. The van der Waals surface area contributed by atoms with Crippen molar-refractivity contribution in [1.29, 1.82) is 0 Å². The minimum atomic E-state index is -1.03. The first kappa shape index (κ1) is 9.20. The number of carboxylic acid groups (broad SMARTS) is 1. The van der Waals surface area contributed by atoms with Gasteiger partial charge in [-0.25, -0.2) is 9.78 Å². The largest absolute Gasteiger partial charge is 0.478 e. The van der Waals surface area contributed by atoms with Gasteiger partial charge in [0, 0.05) is 0 Å². The summed E-state index contributed by atoms with van der Waals surface area (Å²) >= 11 is 0. The highest BCUT2D eigenvalue weighted by Crippen LogP contribution is 2.16. The molecule has 1 aromatic heterocycles. The number of hydrogen-bond donors (Lipinski definition) is 2. The smallest absolute Gasteiger partial charge is 0.335 e. The molecule has 0 aliphatic carbocycles. The first-order valence-electron chi connectivity index (χ1n) is 4.02. The summed E-state index contributed by atoms with van der Waals surface area (Å²) in [5.74, 6) is -0.910. The molecule has 1 heterocycles. The average molecular weight is 206 g/mol. The Morgan fingerprint density at radius 2 is 2.33 bits per heavy atom. The number of aromatic carboxylic acids is 1. The molecule has 2 N–H and O–H groups in total. The second kappa shape index (κ2) is 3.41. The van der Waals surface area contributed by atoms with E-state index in [1.165, 1.54) is 18.2 Å².